The molecule has 29 heavy (non-hydrogen) atoms. The van der Waals surface area contributed by atoms with E-state index in [0.717, 1.165) is 24.6 Å². The van der Waals surface area contributed by atoms with Gasteiger partial charge in [0.1, 0.15) is 0 Å². The van der Waals surface area contributed by atoms with Crippen molar-refractivity contribution < 1.29 is 19.6 Å². The first kappa shape index (κ1) is 21.1. The number of carbonyl (C=O) groups is 2. The molecule has 0 fully saturated rings. The fraction of sp³-hybridized carbons (Fsp3) is 0.429. The number of nitrogens with zero attached hydrogens (tertiary/aromatic N) is 3. The molecule has 0 aliphatic carbocycles. The molecule has 8 heteroatoms. The third-order valence-electron chi connectivity index (χ3n) is 5.36. The van der Waals surface area contributed by atoms with Crippen molar-refractivity contribution in [3.63, 3.8) is 0 Å². The molecule has 0 unspecified atom stereocenters. The number of aryl methyl sites for hydroxylation is 2. The number of aromatic nitrogens is 2. The minimum atomic E-state index is -0.652. The van der Waals surface area contributed by atoms with Crippen LogP contribution in [0.15, 0.2) is 35.9 Å². The van der Waals surface area contributed by atoms with Gasteiger partial charge in [0, 0.05) is 12.4 Å². The summed E-state index contributed by atoms with van der Waals surface area (Å²) in [4.78, 5) is 38.2. The van der Waals surface area contributed by atoms with Crippen molar-refractivity contribution in [3.8, 4) is 0 Å². The zero-order chi connectivity index (χ0) is 21.1. The molecule has 0 aromatic carbocycles. The van der Waals surface area contributed by atoms with Crippen molar-refractivity contribution >= 4 is 23.0 Å². The molecule has 2 aromatic heterocycles. The van der Waals surface area contributed by atoms with Crippen LogP contribution in [0.1, 0.15) is 45.8 Å². The number of aliphatic hydroxyl groups is 1. The topological polar surface area (TPSA) is 87.8 Å². The maximum absolute atomic E-state index is 13.4. The highest BCUT2D eigenvalue weighted by atomic mass is 32.1. The lowest BCUT2D eigenvalue weighted by Crippen LogP contribution is -3.12. The zero-order valence-electron chi connectivity index (χ0n) is 17.2. The van der Waals surface area contributed by atoms with Crippen molar-refractivity contribution in [3.05, 3.63) is 57.0 Å². The molecule has 1 amide bonds. The largest absolute Gasteiger partial charge is 0.503 e. The van der Waals surface area contributed by atoms with Gasteiger partial charge in [-0.1, -0.05) is 6.07 Å². The second-order valence-corrected chi connectivity index (χ2v) is 8.34. The molecule has 0 saturated heterocycles. The minimum Gasteiger partial charge on any atom is -0.503 e. The summed E-state index contributed by atoms with van der Waals surface area (Å²) in [5.74, 6) is -1.32. The van der Waals surface area contributed by atoms with E-state index in [1.807, 2.05) is 13.0 Å². The average Bonchev–Trinajstić information content (AvgIpc) is 3.19. The SMILES string of the molecule is CC[NH+](CC)CCN1C(=O)C(O)=C(C(=O)c2sc(C)nc2C)[C@@H]1c1cccnc1. The van der Waals surface area contributed by atoms with Crippen LogP contribution in [-0.2, 0) is 4.79 Å². The van der Waals surface area contributed by atoms with Crippen LogP contribution in [0, 0.1) is 13.8 Å². The van der Waals surface area contributed by atoms with Crippen molar-refractivity contribution in [1.82, 2.24) is 14.9 Å². The van der Waals surface area contributed by atoms with Crippen LogP contribution in [0.5, 0.6) is 0 Å². The Bertz CT molecular complexity index is 935. The Balaban J connectivity index is 2.02. The number of likely N-dealkylation sites (N-methyl/N-ethyl adjacent to an activating group) is 1. The third kappa shape index (κ3) is 4.09. The molecule has 0 saturated carbocycles. The lowest BCUT2D eigenvalue weighted by atomic mass is 9.96. The van der Waals surface area contributed by atoms with Crippen molar-refractivity contribution in [2.45, 2.75) is 33.7 Å². The van der Waals surface area contributed by atoms with Crippen molar-refractivity contribution in [2.75, 3.05) is 26.2 Å². The van der Waals surface area contributed by atoms with E-state index < -0.39 is 17.7 Å². The minimum absolute atomic E-state index is 0.115. The Kier molecular flexibility index (Phi) is 6.44. The number of quaternary nitrogens is 1. The normalized spacial score (nSPS) is 16.9. The fourth-order valence-corrected chi connectivity index (χ4v) is 4.62. The number of rotatable bonds is 8. The number of thiazole rings is 1. The molecule has 1 aliphatic rings. The smallest absolute Gasteiger partial charge is 0.290 e. The second kappa shape index (κ2) is 8.84. The standard InChI is InChI=1S/C21H26N4O3S/c1-5-24(6-2)10-11-25-17(15-8-7-9-22-12-15)16(19(27)21(25)28)18(26)20-13(3)23-14(4)29-20/h7-9,12,17,27H,5-6,10-11H2,1-4H3/p+1/t17-/m0/s1. The van der Waals surface area contributed by atoms with Gasteiger partial charge in [0.15, 0.2) is 5.76 Å². The summed E-state index contributed by atoms with van der Waals surface area (Å²) in [6.45, 7) is 10.9. The summed E-state index contributed by atoms with van der Waals surface area (Å²) in [6, 6.07) is 2.95. The Morgan fingerprint density at radius 3 is 2.59 bits per heavy atom. The van der Waals surface area contributed by atoms with Crippen LogP contribution in [0.2, 0.25) is 0 Å². The third-order valence-corrected chi connectivity index (χ3v) is 6.44. The maximum atomic E-state index is 13.4. The van der Waals surface area contributed by atoms with Gasteiger partial charge in [-0.3, -0.25) is 14.6 Å². The van der Waals surface area contributed by atoms with Gasteiger partial charge in [0.05, 0.1) is 53.4 Å². The molecular formula is C21H27N4O3S+. The molecule has 154 valence electrons. The first-order chi connectivity index (χ1) is 13.9. The van der Waals surface area contributed by atoms with Gasteiger partial charge in [0.2, 0.25) is 5.78 Å². The number of carbonyl (C=O) groups excluding carboxylic acids is 2. The molecule has 2 aromatic rings. The van der Waals surface area contributed by atoms with E-state index in [4.69, 9.17) is 0 Å². The van der Waals surface area contributed by atoms with Gasteiger partial charge < -0.3 is 14.9 Å². The summed E-state index contributed by atoms with van der Waals surface area (Å²) >= 11 is 1.28. The summed E-state index contributed by atoms with van der Waals surface area (Å²) in [5, 5.41) is 11.5. The molecular weight excluding hydrogens is 388 g/mol. The molecule has 3 rings (SSSR count). The first-order valence-corrected chi connectivity index (χ1v) is 10.7. The van der Waals surface area contributed by atoms with Gasteiger partial charge in [-0.05, 0) is 39.3 Å². The second-order valence-electron chi connectivity index (χ2n) is 7.13. The summed E-state index contributed by atoms with van der Waals surface area (Å²) in [7, 11) is 0. The van der Waals surface area contributed by atoms with Gasteiger partial charge in [-0.2, -0.15) is 0 Å². The zero-order valence-corrected chi connectivity index (χ0v) is 18.0. The predicted molar refractivity (Wildman–Crippen MR) is 111 cm³/mol. The number of amides is 1. The van der Waals surface area contributed by atoms with E-state index in [2.05, 4.69) is 23.8 Å². The quantitative estimate of drug-likeness (QED) is 0.640. The van der Waals surface area contributed by atoms with E-state index in [1.54, 1.807) is 30.3 Å². The number of pyridine rings is 1. The first-order valence-electron chi connectivity index (χ1n) is 9.85. The predicted octanol–water partition coefficient (Wildman–Crippen LogP) is 1.66. The van der Waals surface area contributed by atoms with Crippen LogP contribution in [-0.4, -0.2) is 57.8 Å². The summed E-state index contributed by atoms with van der Waals surface area (Å²) in [6.07, 6.45) is 3.29. The molecule has 3 heterocycles. The van der Waals surface area contributed by atoms with Gasteiger partial charge >= 0.3 is 0 Å². The Hall–Kier alpha value is -2.58. The lowest BCUT2D eigenvalue weighted by molar-refractivity contribution is -0.895. The number of hydrogen-bond donors (Lipinski definition) is 2. The highest BCUT2D eigenvalue weighted by Crippen LogP contribution is 2.39. The monoisotopic (exact) mass is 415 g/mol. The van der Waals surface area contributed by atoms with E-state index in [0.29, 0.717) is 22.7 Å². The lowest BCUT2D eigenvalue weighted by Gasteiger charge is -2.27. The van der Waals surface area contributed by atoms with E-state index in [-0.39, 0.29) is 11.4 Å². The molecule has 1 aliphatic heterocycles. The highest BCUT2D eigenvalue weighted by Gasteiger charge is 2.44. The number of aliphatic hydroxyl groups excluding tert-OH is 1. The molecule has 0 spiro atoms. The van der Waals surface area contributed by atoms with Gasteiger partial charge in [-0.15, -0.1) is 11.3 Å². The van der Waals surface area contributed by atoms with Crippen molar-refractivity contribution in [2.24, 2.45) is 0 Å². The number of ketones is 1. The maximum Gasteiger partial charge on any atom is 0.290 e. The molecule has 1 atom stereocenters. The molecule has 2 N–H and O–H groups in total. The number of Topliss-reactive ketones (excluding diaryl/α,β-unsaturated/α-hetero) is 1. The van der Waals surface area contributed by atoms with E-state index in [1.165, 1.54) is 16.2 Å². The van der Waals surface area contributed by atoms with Crippen LogP contribution in [0.25, 0.3) is 0 Å². The Morgan fingerprint density at radius 1 is 1.31 bits per heavy atom. The number of hydrogen-bond acceptors (Lipinski definition) is 6. The molecule has 0 bridgehead atoms. The van der Waals surface area contributed by atoms with Gasteiger partial charge in [0.25, 0.3) is 5.91 Å². The van der Waals surface area contributed by atoms with Crippen LogP contribution >= 0.6 is 11.3 Å². The number of nitrogens with one attached hydrogen (secondary N) is 1. The Morgan fingerprint density at radius 2 is 2.03 bits per heavy atom. The molecule has 7 nitrogen and oxygen atoms in total. The van der Waals surface area contributed by atoms with Crippen LogP contribution in [0.4, 0.5) is 0 Å². The molecule has 0 radical (unpaired) electrons. The van der Waals surface area contributed by atoms with E-state index in [9.17, 15) is 14.7 Å². The van der Waals surface area contributed by atoms with Crippen molar-refractivity contribution in [1.29, 1.82) is 0 Å². The highest BCUT2D eigenvalue weighted by molar-refractivity contribution is 7.14. The Labute approximate surface area is 174 Å². The summed E-state index contributed by atoms with van der Waals surface area (Å²) < 4.78 is 0. The average molecular weight is 416 g/mol. The summed E-state index contributed by atoms with van der Waals surface area (Å²) in [5.41, 5.74) is 1.44. The van der Waals surface area contributed by atoms with E-state index >= 15 is 0 Å². The fourth-order valence-electron chi connectivity index (χ4n) is 3.75. The van der Waals surface area contributed by atoms with Gasteiger partial charge in [-0.25, -0.2) is 4.98 Å². The van der Waals surface area contributed by atoms with Crippen LogP contribution in [0.3, 0.4) is 0 Å². The van der Waals surface area contributed by atoms with Crippen LogP contribution < -0.4 is 4.90 Å².